The van der Waals surface area contributed by atoms with Gasteiger partial charge in [0.15, 0.2) is 0 Å². The van der Waals surface area contributed by atoms with E-state index < -0.39 is 34.4 Å². The molecule has 0 aliphatic carbocycles. The van der Waals surface area contributed by atoms with Gasteiger partial charge in [0, 0.05) is 35.1 Å². The number of hydrogen-bond donors (Lipinski definition) is 1. The number of anilines is 1. The van der Waals surface area contributed by atoms with E-state index in [0.717, 1.165) is 22.7 Å². The molecule has 0 spiro atoms. The molecule has 0 fully saturated rings. The molecule has 1 N–H and O–H groups in total. The zero-order valence-corrected chi connectivity index (χ0v) is 28.8. The lowest BCUT2D eigenvalue weighted by Gasteiger charge is -2.34. The van der Waals surface area contributed by atoms with Gasteiger partial charge in [-0.05, 0) is 48.4 Å². The summed E-state index contributed by atoms with van der Waals surface area (Å²) in [7, 11) is -4.34. The van der Waals surface area contributed by atoms with Gasteiger partial charge < -0.3 is 10.2 Å². The Morgan fingerprint density at radius 2 is 1.37 bits per heavy atom. The molecule has 46 heavy (non-hydrogen) atoms. The molecule has 242 valence electrons. The van der Waals surface area contributed by atoms with Crippen LogP contribution >= 0.6 is 46.4 Å². The highest BCUT2D eigenvalue weighted by molar-refractivity contribution is 7.92. The molecule has 0 aromatic heterocycles. The van der Waals surface area contributed by atoms with E-state index in [4.69, 9.17) is 46.4 Å². The number of carbonyl (C=O) groups excluding carboxylic acids is 2. The van der Waals surface area contributed by atoms with E-state index in [1.807, 2.05) is 37.3 Å². The Morgan fingerprint density at radius 1 is 0.783 bits per heavy atom. The van der Waals surface area contributed by atoms with Crippen molar-refractivity contribution in [3.63, 3.8) is 0 Å². The predicted molar refractivity (Wildman–Crippen MR) is 186 cm³/mol. The monoisotopic (exact) mass is 719 g/mol. The minimum absolute atomic E-state index is 0.00843. The average Bonchev–Trinajstić information content (AvgIpc) is 3.05. The van der Waals surface area contributed by atoms with Crippen molar-refractivity contribution in [1.82, 2.24) is 10.2 Å². The fourth-order valence-corrected chi connectivity index (χ4v) is 7.24. The number of hydrogen-bond acceptors (Lipinski definition) is 4. The second-order valence-corrected chi connectivity index (χ2v) is 13.9. The van der Waals surface area contributed by atoms with Crippen molar-refractivity contribution < 1.29 is 18.0 Å². The van der Waals surface area contributed by atoms with Gasteiger partial charge in [-0.3, -0.25) is 13.9 Å². The summed E-state index contributed by atoms with van der Waals surface area (Å²) in [5.41, 5.74) is 1.22. The summed E-state index contributed by atoms with van der Waals surface area (Å²) in [5, 5.41) is 3.59. The van der Waals surface area contributed by atoms with Crippen LogP contribution in [0.15, 0.2) is 102 Å². The van der Waals surface area contributed by atoms with Crippen LogP contribution in [0.1, 0.15) is 30.9 Å². The first-order chi connectivity index (χ1) is 22.0. The van der Waals surface area contributed by atoms with Crippen molar-refractivity contribution in [1.29, 1.82) is 0 Å². The van der Waals surface area contributed by atoms with Gasteiger partial charge in [-0.2, -0.15) is 0 Å². The van der Waals surface area contributed by atoms with Gasteiger partial charge in [0.2, 0.25) is 11.8 Å². The van der Waals surface area contributed by atoms with Gasteiger partial charge in [-0.25, -0.2) is 8.42 Å². The molecular formula is C34H33Cl4N3O4S. The summed E-state index contributed by atoms with van der Waals surface area (Å²) in [6.45, 7) is 1.54. The largest absolute Gasteiger partial charge is 0.354 e. The summed E-state index contributed by atoms with van der Waals surface area (Å²) in [6.07, 6.45) is 1.74. The Bertz CT molecular complexity index is 1740. The molecule has 0 aliphatic heterocycles. The molecule has 0 bridgehead atoms. The van der Waals surface area contributed by atoms with E-state index in [9.17, 15) is 18.0 Å². The number of sulfonamides is 1. The minimum Gasteiger partial charge on any atom is -0.354 e. The summed E-state index contributed by atoms with van der Waals surface area (Å²) in [6, 6.07) is 25.4. The van der Waals surface area contributed by atoms with E-state index in [0.29, 0.717) is 22.2 Å². The van der Waals surface area contributed by atoms with Crippen molar-refractivity contribution in [2.24, 2.45) is 0 Å². The van der Waals surface area contributed by atoms with E-state index >= 15 is 0 Å². The Hall–Kier alpha value is -3.27. The lowest BCUT2D eigenvalue weighted by Crippen LogP contribution is -2.53. The molecule has 1 atom stereocenters. The summed E-state index contributed by atoms with van der Waals surface area (Å²) < 4.78 is 29.2. The highest BCUT2D eigenvalue weighted by atomic mass is 35.5. The minimum atomic E-state index is -4.34. The fraction of sp³-hybridized carbons (Fsp3) is 0.235. The zero-order valence-electron chi connectivity index (χ0n) is 25.0. The van der Waals surface area contributed by atoms with E-state index in [1.54, 1.807) is 42.5 Å². The molecule has 0 radical (unpaired) electrons. The number of nitrogens with zero attached hydrogens (tertiary/aromatic N) is 2. The number of rotatable bonds is 14. The first-order valence-corrected chi connectivity index (χ1v) is 17.6. The maximum atomic E-state index is 14.6. The maximum Gasteiger partial charge on any atom is 0.264 e. The van der Waals surface area contributed by atoms with Crippen LogP contribution in [0.3, 0.4) is 0 Å². The van der Waals surface area contributed by atoms with Crippen molar-refractivity contribution in [3.8, 4) is 0 Å². The predicted octanol–water partition coefficient (Wildman–Crippen LogP) is 8.05. The van der Waals surface area contributed by atoms with Crippen molar-refractivity contribution in [2.45, 2.75) is 43.7 Å². The van der Waals surface area contributed by atoms with E-state index in [-0.39, 0.29) is 33.6 Å². The third kappa shape index (κ3) is 8.75. The Kier molecular flexibility index (Phi) is 12.8. The fourth-order valence-electron chi connectivity index (χ4n) is 4.83. The van der Waals surface area contributed by atoms with Gasteiger partial charge in [0.25, 0.3) is 10.0 Å². The molecule has 2 amide bonds. The molecule has 0 saturated heterocycles. The molecule has 12 heteroatoms. The van der Waals surface area contributed by atoms with Gasteiger partial charge in [0.1, 0.15) is 12.6 Å². The number of benzene rings is 4. The highest BCUT2D eigenvalue weighted by Gasteiger charge is 2.36. The molecule has 1 unspecified atom stereocenters. The number of carbonyl (C=O) groups is 2. The molecule has 4 aromatic carbocycles. The van der Waals surface area contributed by atoms with Gasteiger partial charge in [0.05, 0.1) is 20.6 Å². The second-order valence-electron chi connectivity index (χ2n) is 10.5. The second kappa shape index (κ2) is 16.5. The molecule has 0 aliphatic rings. The summed E-state index contributed by atoms with van der Waals surface area (Å²) >= 11 is 26.0. The third-order valence-corrected chi connectivity index (χ3v) is 10.6. The normalized spacial score (nSPS) is 11.9. The van der Waals surface area contributed by atoms with Crippen molar-refractivity contribution >= 4 is 73.9 Å². The Labute approximate surface area is 290 Å². The van der Waals surface area contributed by atoms with Crippen LogP contribution in [0, 0.1) is 0 Å². The maximum absolute atomic E-state index is 14.6. The van der Waals surface area contributed by atoms with Crippen LogP contribution in [-0.4, -0.2) is 44.3 Å². The lowest BCUT2D eigenvalue weighted by molar-refractivity contribution is -0.140. The van der Waals surface area contributed by atoms with Crippen LogP contribution in [0.25, 0.3) is 0 Å². The Morgan fingerprint density at radius 3 is 2.00 bits per heavy atom. The van der Waals surface area contributed by atoms with E-state index in [1.165, 1.54) is 29.2 Å². The van der Waals surface area contributed by atoms with Crippen LogP contribution in [0.5, 0.6) is 0 Å². The number of amides is 2. The molecular weight excluding hydrogens is 688 g/mol. The van der Waals surface area contributed by atoms with Gasteiger partial charge >= 0.3 is 0 Å². The smallest absolute Gasteiger partial charge is 0.264 e. The van der Waals surface area contributed by atoms with Crippen molar-refractivity contribution in [3.05, 3.63) is 128 Å². The number of nitrogens with one attached hydrogen (secondary N) is 1. The quantitative estimate of drug-likeness (QED) is 0.134. The molecule has 0 saturated carbocycles. The first-order valence-electron chi connectivity index (χ1n) is 14.6. The average molecular weight is 722 g/mol. The number of halogens is 4. The molecule has 4 aromatic rings. The third-order valence-electron chi connectivity index (χ3n) is 7.30. The van der Waals surface area contributed by atoms with Gasteiger partial charge in [-0.1, -0.05) is 120 Å². The molecule has 4 rings (SSSR count). The molecule has 0 heterocycles. The summed E-state index contributed by atoms with van der Waals surface area (Å²) in [4.78, 5) is 29.7. The van der Waals surface area contributed by atoms with Crippen LogP contribution < -0.4 is 9.62 Å². The van der Waals surface area contributed by atoms with Crippen LogP contribution in [0.2, 0.25) is 20.1 Å². The first kappa shape index (κ1) is 35.6. The lowest BCUT2D eigenvalue weighted by atomic mass is 10.0. The van der Waals surface area contributed by atoms with Gasteiger partial charge in [-0.15, -0.1) is 0 Å². The topological polar surface area (TPSA) is 86.8 Å². The molecule has 7 nitrogen and oxygen atoms in total. The van der Waals surface area contributed by atoms with E-state index in [2.05, 4.69) is 5.32 Å². The Balaban J connectivity index is 1.85. The highest BCUT2D eigenvalue weighted by Crippen LogP contribution is 2.36. The van der Waals surface area contributed by atoms with Crippen molar-refractivity contribution in [2.75, 3.05) is 17.4 Å². The van der Waals surface area contributed by atoms with Crippen LogP contribution in [-0.2, 0) is 32.6 Å². The zero-order chi connectivity index (χ0) is 33.3. The summed E-state index contributed by atoms with van der Waals surface area (Å²) in [5.74, 6) is -1.08. The SMILES string of the molecule is CCCCNC(=O)C(Cc1ccccc1)N(Cc1c(Cl)cccc1Cl)C(=O)CN(c1cccc(Cl)c1Cl)S(=O)(=O)c1ccccc1. The standard InChI is InChI=1S/C34H33Cl4N3O4S/c1-2-3-20-39-34(43)31(21-24-12-6-4-7-13-24)40(22-26-27(35)16-10-17-28(26)36)32(42)23-41(30-19-11-18-29(37)33(30)38)46(44,45)25-14-8-5-9-15-25/h4-19,31H,2-3,20-23H2,1H3,(H,39,43). The number of unbranched alkanes of at least 4 members (excludes halogenated alkanes) is 1. The van der Waals surface area contributed by atoms with Crippen LogP contribution in [0.4, 0.5) is 5.69 Å².